The first-order valence-electron chi connectivity index (χ1n) is 17.8. The van der Waals surface area contributed by atoms with Crippen molar-refractivity contribution in [2.75, 3.05) is 40.5 Å². The number of hydrogen-bond donors (Lipinski definition) is 1. The number of β-amino-alcohol motifs (C(OH)–C–C–N with tert-alkyl or cyclic N) is 1. The van der Waals surface area contributed by atoms with Crippen molar-refractivity contribution in [2.24, 2.45) is 11.3 Å². The van der Waals surface area contributed by atoms with Crippen LogP contribution in [0.3, 0.4) is 0 Å². The van der Waals surface area contributed by atoms with Gasteiger partial charge in [-0.25, -0.2) is 0 Å². The number of fused-ring (bicyclic) bond motifs is 3. The summed E-state index contributed by atoms with van der Waals surface area (Å²) in [6.45, 7) is 7.76. The van der Waals surface area contributed by atoms with Crippen molar-refractivity contribution in [2.45, 2.75) is 89.7 Å². The topological polar surface area (TPSA) is 110 Å². The first kappa shape index (κ1) is 34.3. The molecule has 3 aromatic rings. The fraction of sp³-hybridized carbons (Fsp3) is 0.579. The van der Waals surface area contributed by atoms with Crippen LogP contribution in [-0.2, 0) is 13.3 Å². The third-order valence-electron chi connectivity index (χ3n) is 11.6. The first-order chi connectivity index (χ1) is 23.6. The Balaban J connectivity index is 1.10. The number of ether oxygens (including phenoxy) is 1. The Morgan fingerprint density at radius 2 is 1.73 bits per heavy atom. The molecular weight excluding hydrogens is 733 g/mol. The van der Waals surface area contributed by atoms with Gasteiger partial charge in [0.1, 0.15) is 5.75 Å². The molecule has 264 valence electrons. The van der Waals surface area contributed by atoms with E-state index in [4.69, 9.17) is 7.80 Å². The predicted octanol–water partition coefficient (Wildman–Crippen LogP) is 7.11. The minimum atomic E-state index is -1.95. The number of aromatic nitrogens is 3. The van der Waals surface area contributed by atoms with Crippen LogP contribution in [0.4, 0.5) is 10.5 Å². The number of rotatable bonds is 9. The maximum atomic E-state index is 14.6. The molecule has 0 unspecified atom stereocenters. The van der Waals surface area contributed by atoms with E-state index in [1.165, 1.54) is 11.1 Å². The van der Waals surface area contributed by atoms with E-state index in [9.17, 15) is 14.7 Å². The molecule has 4 heterocycles. The Morgan fingerprint density at radius 3 is 2.35 bits per heavy atom. The number of likely N-dealkylation sites (tertiary alicyclic amines) is 1. The minimum Gasteiger partial charge on any atom is -0.0361 e. The Kier molecular flexibility index (Phi) is 9.68. The van der Waals surface area contributed by atoms with E-state index < -0.39 is 26.3 Å². The molecule has 0 atom stereocenters. The molecule has 5 aliphatic rings. The van der Waals surface area contributed by atoms with E-state index in [-0.39, 0.29) is 34.8 Å². The molecular formula is C38H50IN5O5. The van der Waals surface area contributed by atoms with E-state index in [1.807, 2.05) is 29.5 Å². The monoisotopic (exact) mass is 783 g/mol. The van der Waals surface area contributed by atoms with Gasteiger partial charge in [-0.05, 0) is 32.4 Å². The number of pyridine rings is 1. The molecule has 3 aliphatic carbocycles. The number of aliphatic hydroxyl groups excluding tert-OH is 1. The molecule has 10 nitrogen and oxygen atoms in total. The third kappa shape index (κ3) is 6.94. The second kappa shape index (κ2) is 13.8. The first-order valence-corrected chi connectivity index (χ1v) is 21.7. The van der Waals surface area contributed by atoms with E-state index in [2.05, 4.69) is 60.0 Å². The number of amides is 2. The predicted molar refractivity (Wildman–Crippen MR) is 198 cm³/mol. The van der Waals surface area contributed by atoms with Crippen molar-refractivity contribution in [1.82, 2.24) is 19.7 Å². The third-order valence-corrected chi connectivity index (χ3v) is 16.3. The second-order valence-corrected chi connectivity index (χ2v) is 20.0. The molecule has 5 fully saturated rings. The van der Waals surface area contributed by atoms with Crippen LogP contribution in [0.5, 0.6) is 5.75 Å². The van der Waals surface area contributed by atoms with E-state index in [0.29, 0.717) is 19.6 Å². The van der Waals surface area contributed by atoms with E-state index in [1.54, 1.807) is 12.0 Å². The summed E-state index contributed by atoms with van der Waals surface area (Å²) in [7, 11) is 1.73. The van der Waals surface area contributed by atoms with Gasteiger partial charge in [0.15, 0.2) is 0 Å². The van der Waals surface area contributed by atoms with Gasteiger partial charge in [-0.2, -0.15) is 0 Å². The summed E-state index contributed by atoms with van der Waals surface area (Å²) in [6, 6.07) is 9.09. The Hall–Kier alpha value is -3.19. The minimum absolute atomic E-state index is 0.0713. The standard InChI is InChI=1S/C38H50IN5O5/c1-26(2)44-22-30(20-41-44)29-18-32(21-40-19-29)43(35(46)28-7-15-39(16-8-28)49-36(47)42-23-33(45)24-42)25-37-9-12-38(13-10-37,14-11-37)31-5-6-34(48-4)27(3)17-31/h5-6,17-22,26,28,33,45H,7-16,23-25H2,1-4H3. The van der Waals surface area contributed by atoms with Gasteiger partial charge < -0.3 is 4.74 Å². The van der Waals surface area contributed by atoms with Crippen LogP contribution in [0.2, 0.25) is 0 Å². The van der Waals surface area contributed by atoms with Crippen LogP contribution < -0.4 is 9.64 Å². The van der Waals surface area contributed by atoms with Crippen LogP contribution in [0.1, 0.15) is 82.4 Å². The van der Waals surface area contributed by atoms with Crippen LogP contribution in [-0.4, -0.2) is 78.5 Å². The molecule has 3 saturated carbocycles. The van der Waals surface area contributed by atoms with Crippen molar-refractivity contribution in [3.63, 3.8) is 0 Å². The average Bonchev–Trinajstić information content (AvgIpc) is 3.61. The zero-order chi connectivity index (χ0) is 34.3. The Morgan fingerprint density at radius 1 is 1.02 bits per heavy atom. The van der Waals surface area contributed by atoms with E-state index >= 15 is 0 Å². The van der Waals surface area contributed by atoms with Gasteiger partial charge >= 0.3 is 249 Å². The van der Waals surface area contributed by atoms with Crippen molar-refractivity contribution in [3.8, 4) is 16.9 Å². The van der Waals surface area contributed by atoms with Gasteiger partial charge in [0, 0.05) is 0 Å². The summed E-state index contributed by atoms with van der Waals surface area (Å²) >= 11 is -1.95. The molecule has 0 radical (unpaired) electrons. The van der Waals surface area contributed by atoms with Gasteiger partial charge in [0.2, 0.25) is 0 Å². The number of anilines is 1. The summed E-state index contributed by atoms with van der Waals surface area (Å²) in [5.74, 6) is 1.01. The molecule has 2 aromatic heterocycles. The fourth-order valence-electron chi connectivity index (χ4n) is 8.31. The Labute approximate surface area is 297 Å². The van der Waals surface area contributed by atoms with Gasteiger partial charge in [0.25, 0.3) is 0 Å². The van der Waals surface area contributed by atoms with Crippen molar-refractivity contribution >= 4 is 37.9 Å². The van der Waals surface area contributed by atoms with Gasteiger partial charge in [-0.15, -0.1) is 0 Å². The summed E-state index contributed by atoms with van der Waals surface area (Å²) < 4.78 is 15.0. The zero-order valence-corrected chi connectivity index (χ0v) is 31.4. The maximum absolute atomic E-state index is 14.6. The molecule has 8 rings (SSSR count). The van der Waals surface area contributed by atoms with E-state index in [0.717, 1.165) is 82.8 Å². The molecule has 1 N–H and O–H groups in total. The normalized spacial score (nSPS) is 24.9. The number of carbonyl (C=O) groups is 2. The molecule has 2 bridgehead atoms. The molecule has 0 spiro atoms. The Bertz CT molecular complexity index is 1650. The molecule has 2 saturated heterocycles. The molecule has 1 aromatic carbocycles. The fourth-order valence-corrected chi connectivity index (χ4v) is 13.0. The molecule has 2 amide bonds. The number of aryl methyl sites for hydroxylation is 1. The van der Waals surface area contributed by atoms with Gasteiger partial charge in [-0.3, -0.25) is 0 Å². The number of alkyl halides is 2. The van der Waals surface area contributed by atoms with Crippen LogP contribution in [0, 0.1) is 18.3 Å². The smallest absolute Gasteiger partial charge is 0.0361 e. The van der Waals surface area contributed by atoms with Crippen molar-refractivity contribution in [3.05, 3.63) is 60.2 Å². The van der Waals surface area contributed by atoms with Crippen LogP contribution in [0.25, 0.3) is 11.1 Å². The van der Waals surface area contributed by atoms with Crippen molar-refractivity contribution in [1.29, 1.82) is 0 Å². The van der Waals surface area contributed by atoms with Crippen LogP contribution in [0.15, 0.2) is 49.1 Å². The van der Waals surface area contributed by atoms with Crippen LogP contribution >= 0.6 is 20.2 Å². The molecule has 11 heteroatoms. The summed E-state index contributed by atoms with van der Waals surface area (Å²) in [5.41, 5.74) is 5.69. The second-order valence-electron chi connectivity index (χ2n) is 15.1. The SMILES string of the molecule is COc1ccc(C23CCC(CN(C(=O)C4CCI(OC(=O)N5CC(O)C5)CC4)c4cncc(-c5cnn(C(C)C)c5)c4)(CC2)CC3)cc1C. The summed E-state index contributed by atoms with van der Waals surface area (Å²) in [6.07, 6.45) is 15.1. The summed E-state index contributed by atoms with van der Waals surface area (Å²) in [5, 5.41) is 14.1. The van der Waals surface area contributed by atoms with Gasteiger partial charge in [0.05, 0.1) is 7.11 Å². The number of halogens is 1. The number of hydrogen-bond acceptors (Lipinski definition) is 7. The number of carbonyl (C=O) groups excluding carboxylic acids is 2. The number of methoxy groups -OCH3 is 1. The van der Waals surface area contributed by atoms with Crippen molar-refractivity contribution < 1.29 is 22.5 Å². The average molecular weight is 784 g/mol. The number of nitrogens with zero attached hydrogens (tertiary/aromatic N) is 5. The molecule has 2 aliphatic heterocycles. The van der Waals surface area contributed by atoms with Gasteiger partial charge in [-0.1, -0.05) is 0 Å². The number of benzene rings is 1. The zero-order valence-electron chi connectivity index (χ0n) is 29.2. The quantitative estimate of drug-likeness (QED) is 0.182. The summed E-state index contributed by atoms with van der Waals surface area (Å²) in [4.78, 5) is 35.5. The number of aliphatic hydroxyl groups is 1. The molecule has 49 heavy (non-hydrogen) atoms.